The predicted molar refractivity (Wildman–Crippen MR) is 183 cm³/mol. The zero-order valence-corrected chi connectivity index (χ0v) is 24.2. The van der Waals surface area contributed by atoms with Gasteiger partial charge in [-0.05, 0) is 87.0 Å². The van der Waals surface area contributed by atoms with E-state index in [1.807, 2.05) is 73.3 Å². The van der Waals surface area contributed by atoms with Gasteiger partial charge in [-0.3, -0.25) is 9.97 Å². The summed E-state index contributed by atoms with van der Waals surface area (Å²) in [7, 11) is 0. The molecule has 0 atom stereocenters. The molecule has 3 heterocycles. The van der Waals surface area contributed by atoms with Gasteiger partial charge >= 0.3 is 0 Å². The van der Waals surface area contributed by atoms with Crippen LogP contribution in [0.25, 0.3) is 82.4 Å². The van der Waals surface area contributed by atoms with Crippen molar-refractivity contribution >= 4 is 27.6 Å². The Morgan fingerprint density at radius 3 is 1.36 bits per heavy atom. The standard InChI is InChI=1S/C41H25N3O/c1-42-35-14-12-28(13-15-35)27-8-10-31(11-9-27)36-4-2-6-38-39-7-3-5-37(41(39)45-40(36)38)34-25-32(29-16-20-43-21-17-29)24-33(26-34)30-18-22-44-23-19-30/h2-26H. The predicted octanol–water partition coefficient (Wildman–Crippen LogP) is 11.3. The second-order valence-electron chi connectivity index (χ2n) is 11.0. The van der Waals surface area contributed by atoms with Gasteiger partial charge < -0.3 is 4.42 Å². The summed E-state index contributed by atoms with van der Waals surface area (Å²) in [6.45, 7) is 7.21. The van der Waals surface area contributed by atoms with Gasteiger partial charge in [-0.1, -0.05) is 84.9 Å². The summed E-state index contributed by atoms with van der Waals surface area (Å²) in [4.78, 5) is 12.0. The molecule has 0 aliphatic rings. The largest absolute Gasteiger partial charge is 0.455 e. The van der Waals surface area contributed by atoms with Gasteiger partial charge in [-0.2, -0.15) is 0 Å². The number of pyridine rings is 2. The third-order valence-corrected chi connectivity index (χ3v) is 8.32. The van der Waals surface area contributed by atoms with E-state index in [0.29, 0.717) is 5.69 Å². The fourth-order valence-corrected chi connectivity index (χ4v) is 6.05. The van der Waals surface area contributed by atoms with Crippen molar-refractivity contribution in [3.8, 4) is 55.6 Å². The molecule has 0 aliphatic heterocycles. The van der Waals surface area contributed by atoms with Crippen molar-refractivity contribution in [2.45, 2.75) is 0 Å². The Morgan fingerprint density at radius 2 is 0.844 bits per heavy atom. The van der Waals surface area contributed by atoms with E-state index in [1.54, 1.807) is 0 Å². The maximum atomic E-state index is 7.21. The Hall–Kier alpha value is -6.31. The molecule has 8 rings (SSSR count). The molecule has 45 heavy (non-hydrogen) atoms. The van der Waals surface area contributed by atoms with Gasteiger partial charge in [0.1, 0.15) is 11.2 Å². The van der Waals surface area contributed by atoms with Crippen LogP contribution in [0.3, 0.4) is 0 Å². The molecular formula is C41H25N3O. The van der Waals surface area contributed by atoms with E-state index in [-0.39, 0.29) is 0 Å². The fraction of sp³-hybridized carbons (Fsp3) is 0. The summed E-state index contributed by atoms with van der Waals surface area (Å²) in [5.74, 6) is 0. The molecule has 8 aromatic rings. The summed E-state index contributed by atoms with van der Waals surface area (Å²) in [6.07, 6.45) is 7.31. The molecular weight excluding hydrogens is 550 g/mol. The summed E-state index contributed by atoms with van der Waals surface area (Å²) in [5, 5.41) is 2.17. The van der Waals surface area contributed by atoms with Crippen LogP contribution in [0.15, 0.2) is 157 Å². The van der Waals surface area contributed by atoms with Crippen molar-refractivity contribution < 1.29 is 4.42 Å². The van der Waals surface area contributed by atoms with Crippen LogP contribution in [-0.4, -0.2) is 9.97 Å². The van der Waals surface area contributed by atoms with Crippen LogP contribution in [0.5, 0.6) is 0 Å². The Bertz CT molecular complexity index is 2290. The van der Waals surface area contributed by atoms with Crippen molar-refractivity contribution in [2.75, 3.05) is 0 Å². The second-order valence-corrected chi connectivity index (χ2v) is 11.0. The van der Waals surface area contributed by atoms with E-state index in [1.165, 1.54) is 0 Å². The van der Waals surface area contributed by atoms with Gasteiger partial charge in [-0.25, -0.2) is 4.85 Å². The lowest BCUT2D eigenvalue weighted by molar-refractivity contribution is 0.671. The molecule has 5 aromatic carbocycles. The number of hydrogen-bond acceptors (Lipinski definition) is 3. The molecule has 4 heteroatoms. The van der Waals surface area contributed by atoms with Crippen molar-refractivity contribution in [1.82, 2.24) is 9.97 Å². The Kier molecular flexibility index (Phi) is 6.48. The third-order valence-electron chi connectivity index (χ3n) is 8.32. The molecule has 4 nitrogen and oxygen atoms in total. The van der Waals surface area contributed by atoms with E-state index >= 15 is 0 Å². The van der Waals surface area contributed by atoms with Crippen molar-refractivity contribution in [3.05, 3.63) is 164 Å². The quantitative estimate of drug-likeness (QED) is 0.192. The molecule has 0 saturated heterocycles. The van der Waals surface area contributed by atoms with Gasteiger partial charge in [0.2, 0.25) is 0 Å². The fourth-order valence-electron chi connectivity index (χ4n) is 6.05. The van der Waals surface area contributed by atoms with Crippen LogP contribution in [0.4, 0.5) is 5.69 Å². The number of fused-ring (bicyclic) bond motifs is 3. The van der Waals surface area contributed by atoms with Crippen LogP contribution >= 0.6 is 0 Å². The average Bonchev–Trinajstić information content (AvgIpc) is 3.52. The minimum atomic E-state index is 0.643. The zero-order chi connectivity index (χ0) is 30.2. The number of aromatic nitrogens is 2. The third kappa shape index (κ3) is 4.83. The molecule has 0 fully saturated rings. The zero-order valence-electron chi connectivity index (χ0n) is 24.2. The molecule has 3 aromatic heterocycles. The minimum Gasteiger partial charge on any atom is -0.455 e. The van der Waals surface area contributed by atoms with Gasteiger partial charge in [0, 0.05) is 46.7 Å². The van der Waals surface area contributed by atoms with Crippen molar-refractivity contribution in [1.29, 1.82) is 0 Å². The van der Waals surface area contributed by atoms with E-state index in [2.05, 4.69) is 93.7 Å². The molecule has 0 saturated carbocycles. The molecule has 0 radical (unpaired) electrons. The number of hydrogen-bond donors (Lipinski definition) is 0. The molecule has 0 N–H and O–H groups in total. The first-order chi connectivity index (χ1) is 22.2. The van der Waals surface area contributed by atoms with Crippen LogP contribution in [0, 0.1) is 6.57 Å². The average molecular weight is 576 g/mol. The molecule has 0 bridgehead atoms. The van der Waals surface area contributed by atoms with Gasteiger partial charge in [0.15, 0.2) is 5.69 Å². The molecule has 0 aliphatic carbocycles. The summed E-state index contributed by atoms with van der Waals surface area (Å²) < 4.78 is 6.81. The van der Waals surface area contributed by atoms with E-state index in [4.69, 9.17) is 11.0 Å². The van der Waals surface area contributed by atoms with E-state index in [0.717, 1.165) is 77.6 Å². The Balaban J connectivity index is 1.26. The van der Waals surface area contributed by atoms with Gasteiger partial charge in [0.25, 0.3) is 0 Å². The van der Waals surface area contributed by atoms with E-state index in [9.17, 15) is 0 Å². The van der Waals surface area contributed by atoms with Crippen LogP contribution < -0.4 is 0 Å². The first-order valence-electron chi connectivity index (χ1n) is 14.7. The maximum absolute atomic E-state index is 7.21. The topological polar surface area (TPSA) is 43.3 Å². The monoisotopic (exact) mass is 575 g/mol. The normalized spacial score (nSPS) is 11.1. The number of nitrogens with zero attached hydrogens (tertiary/aromatic N) is 3. The highest BCUT2D eigenvalue weighted by Gasteiger charge is 2.17. The number of rotatable bonds is 5. The minimum absolute atomic E-state index is 0.643. The molecule has 0 amide bonds. The highest BCUT2D eigenvalue weighted by atomic mass is 16.3. The summed E-state index contributed by atoms with van der Waals surface area (Å²) in [5.41, 5.74) is 13.2. The lowest BCUT2D eigenvalue weighted by Crippen LogP contribution is -1.87. The number of benzene rings is 5. The molecule has 0 unspecified atom stereocenters. The number of para-hydroxylation sites is 2. The smallest absolute Gasteiger partial charge is 0.187 e. The highest BCUT2D eigenvalue weighted by Crippen LogP contribution is 2.42. The van der Waals surface area contributed by atoms with E-state index < -0.39 is 0 Å². The first kappa shape index (κ1) is 26.3. The molecule has 0 spiro atoms. The Morgan fingerprint density at radius 1 is 0.422 bits per heavy atom. The maximum Gasteiger partial charge on any atom is 0.187 e. The second kappa shape index (κ2) is 11.1. The number of furan rings is 1. The SMILES string of the molecule is [C-]#[N+]c1ccc(-c2ccc(-c3cccc4c3oc3c(-c5cc(-c6ccncc6)cc(-c6ccncc6)c5)cccc34)cc2)cc1. The summed E-state index contributed by atoms with van der Waals surface area (Å²) >= 11 is 0. The highest BCUT2D eigenvalue weighted by molar-refractivity contribution is 6.13. The summed E-state index contributed by atoms with van der Waals surface area (Å²) in [6, 6.07) is 43.8. The van der Waals surface area contributed by atoms with Gasteiger partial charge in [0.05, 0.1) is 6.57 Å². The lowest BCUT2D eigenvalue weighted by Gasteiger charge is -2.11. The van der Waals surface area contributed by atoms with Crippen LogP contribution in [0.2, 0.25) is 0 Å². The van der Waals surface area contributed by atoms with Crippen LogP contribution in [-0.2, 0) is 0 Å². The van der Waals surface area contributed by atoms with Gasteiger partial charge in [-0.15, -0.1) is 0 Å². The van der Waals surface area contributed by atoms with Crippen molar-refractivity contribution in [2.24, 2.45) is 0 Å². The molecule has 210 valence electrons. The Labute approximate surface area is 260 Å². The van der Waals surface area contributed by atoms with Crippen LogP contribution in [0.1, 0.15) is 0 Å². The lowest BCUT2D eigenvalue weighted by atomic mass is 9.93. The van der Waals surface area contributed by atoms with Crippen molar-refractivity contribution in [3.63, 3.8) is 0 Å². The first-order valence-corrected chi connectivity index (χ1v) is 14.7.